The highest BCUT2D eigenvalue weighted by atomic mass is 35.5. The number of halogens is 4. The van der Waals surface area contributed by atoms with Gasteiger partial charge in [0.15, 0.2) is 0 Å². The number of nitrogens with zero attached hydrogens (tertiary/aromatic N) is 1. The minimum Gasteiger partial charge on any atom is -0.334 e. The van der Waals surface area contributed by atoms with Gasteiger partial charge in [0, 0.05) is 19.1 Å². The fourth-order valence-corrected chi connectivity index (χ4v) is 2.44. The standard InChI is InChI=1S/C13H15ClF3N3O/c14-10-3-1-2-4-11(10)19-12(21)18-9-5-6-20(7-9)8-13(15,16)17/h1-4,9H,5-8H2,(H2,18,19,21)/t9-/m1/s1. The monoisotopic (exact) mass is 321 g/mol. The van der Waals surface area contributed by atoms with Crippen LogP contribution >= 0.6 is 11.6 Å². The van der Waals surface area contributed by atoms with E-state index in [9.17, 15) is 18.0 Å². The van der Waals surface area contributed by atoms with E-state index in [0.29, 0.717) is 23.7 Å². The lowest BCUT2D eigenvalue weighted by Crippen LogP contribution is -2.41. The summed E-state index contributed by atoms with van der Waals surface area (Å²) in [4.78, 5) is 13.1. The molecule has 0 aliphatic carbocycles. The van der Waals surface area contributed by atoms with Crippen LogP contribution in [0.5, 0.6) is 0 Å². The molecule has 0 unspecified atom stereocenters. The van der Waals surface area contributed by atoms with Gasteiger partial charge in [-0.05, 0) is 18.6 Å². The smallest absolute Gasteiger partial charge is 0.334 e. The van der Waals surface area contributed by atoms with Gasteiger partial charge in [0.05, 0.1) is 17.3 Å². The molecular formula is C13H15ClF3N3O. The van der Waals surface area contributed by atoms with Gasteiger partial charge in [-0.1, -0.05) is 23.7 Å². The molecule has 116 valence electrons. The van der Waals surface area contributed by atoms with Crippen LogP contribution < -0.4 is 10.6 Å². The summed E-state index contributed by atoms with van der Waals surface area (Å²) < 4.78 is 36.8. The highest BCUT2D eigenvalue weighted by Crippen LogP contribution is 2.21. The number of hydrogen-bond donors (Lipinski definition) is 2. The van der Waals surface area contributed by atoms with Crippen molar-refractivity contribution in [1.29, 1.82) is 0 Å². The van der Waals surface area contributed by atoms with Gasteiger partial charge in [0.25, 0.3) is 0 Å². The first kappa shape index (κ1) is 15.9. The molecule has 1 heterocycles. The summed E-state index contributed by atoms with van der Waals surface area (Å²) in [5.74, 6) is 0. The van der Waals surface area contributed by atoms with Crippen molar-refractivity contribution in [1.82, 2.24) is 10.2 Å². The Morgan fingerprint density at radius 1 is 1.38 bits per heavy atom. The molecule has 8 heteroatoms. The number of benzene rings is 1. The first-order valence-corrected chi connectivity index (χ1v) is 6.82. The zero-order chi connectivity index (χ0) is 15.5. The van der Waals surface area contributed by atoms with Crippen LogP contribution in [0.1, 0.15) is 6.42 Å². The van der Waals surface area contributed by atoms with Crippen molar-refractivity contribution < 1.29 is 18.0 Å². The molecule has 0 aromatic heterocycles. The number of carbonyl (C=O) groups excluding carboxylic acids is 1. The average Bonchev–Trinajstić information content (AvgIpc) is 2.77. The Hall–Kier alpha value is -1.47. The van der Waals surface area contributed by atoms with Gasteiger partial charge in [-0.25, -0.2) is 4.79 Å². The Labute approximate surface area is 125 Å². The SMILES string of the molecule is O=C(Nc1ccccc1Cl)N[C@@H]1CCN(CC(F)(F)F)C1. The molecule has 1 saturated heterocycles. The molecule has 1 fully saturated rings. The van der Waals surface area contributed by atoms with Gasteiger partial charge in [0.2, 0.25) is 0 Å². The van der Waals surface area contributed by atoms with Crippen LogP contribution in [-0.4, -0.2) is 42.8 Å². The molecule has 2 amide bonds. The molecule has 1 aliphatic rings. The third-order valence-electron chi connectivity index (χ3n) is 3.13. The van der Waals surface area contributed by atoms with Crippen molar-refractivity contribution in [2.45, 2.75) is 18.6 Å². The number of nitrogens with one attached hydrogen (secondary N) is 2. The third kappa shape index (κ3) is 5.09. The van der Waals surface area contributed by atoms with Crippen molar-refractivity contribution in [2.75, 3.05) is 25.0 Å². The largest absolute Gasteiger partial charge is 0.401 e. The molecule has 1 aromatic rings. The van der Waals surface area contributed by atoms with E-state index in [-0.39, 0.29) is 12.6 Å². The average molecular weight is 322 g/mol. The zero-order valence-corrected chi connectivity index (χ0v) is 11.8. The third-order valence-corrected chi connectivity index (χ3v) is 3.46. The van der Waals surface area contributed by atoms with Gasteiger partial charge >= 0.3 is 12.2 Å². The molecule has 1 atom stereocenters. The first-order chi connectivity index (χ1) is 9.83. The van der Waals surface area contributed by atoms with Gasteiger partial charge < -0.3 is 10.6 Å². The van der Waals surface area contributed by atoms with E-state index in [1.165, 1.54) is 4.90 Å². The summed E-state index contributed by atoms with van der Waals surface area (Å²) in [5, 5.41) is 5.63. The first-order valence-electron chi connectivity index (χ1n) is 6.44. The normalized spacial score (nSPS) is 19.5. The molecule has 0 radical (unpaired) electrons. The molecule has 1 aliphatic heterocycles. The number of rotatable bonds is 3. The second-order valence-electron chi connectivity index (χ2n) is 4.91. The van der Waals surface area contributed by atoms with E-state index in [1.807, 2.05) is 0 Å². The lowest BCUT2D eigenvalue weighted by atomic mass is 10.3. The summed E-state index contributed by atoms with van der Waals surface area (Å²) in [6.07, 6.45) is -3.72. The Bertz CT molecular complexity index is 510. The highest BCUT2D eigenvalue weighted by Gasteiger charge is 2.34. The molecular weight excluding hydrogens is 307 g/mol. The maximum absolute atomic E-state index is 12.3. The van der Waals surface area contributed by atoms with E-state index < -0.39 is 18.8 Å². The fraction of sp³-hybridized carbons (Fsp3) is 0.462. The van der Waals surface area contributed by atoms with Gasteiger partial charge in [0.1, 0.15) is 0 Å². The molecule has 0 saturated carbocycles. The topological polar surface area (TPSA) is 44.4 Å². The second kappa shape index (κ2) is 6.53. The zero-order valence-electron chi connectivity index (χ0n) is 11.1. The predicted octanol–water partition coefficient (Wildman–Crippen LogP) is 3.10. The fourth-order valence-electron chi connectivity index (χ4n) is 2.25. The number of alkyl halides is 3. The number of hydrogen-bond acceptors (Lipinski definition) is 2. The van der Waals surface area contributed by atoms with Crippen LogP contribution in [0, 0.1) is 0 Å². The van der Waals surface area contributed by atoms with Crippen molar-refractivity contribution in [3.05, 3.63) is 29.3 Å². The molecule has 0 bridgehead atoms. The minimum absolute atomic E-state index is 0.190. The van der Waals surface area contributed by atoms with Crippen molar-refractivity contribution >= 4 is 23.3 Å². The Kier molecular flexibility index (Phi) is 4.95. The molecule has 21 heavy (non-hydrogen) atoms. The maximum Gasteiger partial charge on any atom is 0.401 e. The lowest BCUT2D eigenvalue weighted by Gasteiger charge is -2.18. The van der Waals surface area contributed by atoms with Crippen molar-refractivity contribution in [3.8, 4) is 0 Å². The quantitative estimate of drug-likeness (QED) is 0.898. The Morgan fingerprint density at radius 3 is 2.76 bits per heavy atom. The van der Waals surface area contributed by atoms with Gasteiger partial charge in [-0.2, -0.15) is 13.2 Å². The second-order valence-corrected chi connectivity index (χ2v) is 5.32. The Balaban J connectivity index is 1.81. The van der Waals surface area contributed by atoms with Crippen LogP contribution in [0.4, 0.5) is 23.7 Å². The van der Waals surface area contributed by atoms with Gasteiger partial charge in [-0.3, -0.25) is 4.90 Å². The summed E-state index contributed by atoms with van der Waals surface area (Å²) >= 11 is 5.91. The van der Waals surface area contributed by atoms with Crippen LogP contribution in [0.2, 0.25) is 5.02 Å². The molecule has 2 N–H and O–H groups in total. The molecule has 2 rings (SSSR count). The summed E-state index contributed by atoms with van der Waals surface area (Å²) in [7, 11) is 0. The van der Waals surface area contributed by atoms with Gasteiger partial charge in [-0.15, -0.1) is 0 Å². The summed E-state index contributed by atoms with van der Waals surface area (Å²) in [6, 6.07) is 5.97. The number of amides is 2. The number of carbonyl (C=O) groups is 1. The highest BCUT2D eigenvalue weighted by molar-refractivity contribution is 6.33. The summed E-state index contributed by atoms with van der Waals surface area (Å²) in [6.45, 7) is -0.441. The van der Waals surface area contributed by atoms with E-state index in [2.05, 4.69) is 10.6 Å². The molecule has 0 spiro atoms. The van der Waals surface area contributed by atoms with Crippen LogP contribution in [0.15, 0.2) is 24.3 Å². The molecule has 1 aromatic carbocycles. The van der Waals surface area contributed by atoms with E-state index in [1.54, 1.807) is 24.3 Å². The van der Waals surface area contributed by atoms with E-state index in [0.717, 1.165) is 0 Å². The number of para-hydroxylation sites is 1. The summed E-state index contributed by atoms with van der Waals surface area (Å²) in [5.41, 5.74) is 0.460. The lowest BCUT2D eigenvalue weighted by molar-refractivity contribution is -0.143. The molecule has 4 nitrogen and oxygen atoms in total. The number of anilines is 1. The minimum atomic E-state index is -4.21. The predicted molar refractivity (Wildman–Crippen MR) is 74.5 cm³/mol. The number of likely N-dealkylation sites (tertiary alicyclic amines) is 1. The van der Waals surface area contributed by atoms with Crippen LogP contribution in [-0.2, 0) is 0 Å². The van der Waals surface area contributed by atoms with Crippen molar-refractivity contribution in [2.24, 2.45) is 0 Å². The van der Waals surface area contributed by atoms with Crippen LogP contribution in [0.3, 0.4) is 0 Å². The van der Waals surface area contributed by atoms with Crippen LogP contribution in [0.25, 0.3) is 0 Å². The Morgan fingerprint density at radius 2 is 2.10 bits per heavy atom. The number of urea groups is 1. The van der Waals surface area contributed by atoms with Crippen molar-refractivity contribution in [3.63, 3.8) is 0 Å². The van der Waals surface area contributed by atoms with E-state index in [4.69, 9.17) is 11.6 Å². The van der Waals surface area contributed by atoms with E-state index >= 15 is 0 Å². The maximum atomic E-state index is 12.3.